The largest absolute Gasteiger partial charge is 0.493 e. The average molecular weight is 527 g/mol. The zero-order valence-corrected chi connectivity index (χ0v) is 21.6. The molecule has 198 valence electrons. The fourth-order valence-corrected chi connectivity index (χ4v) is 5.00. The molecule has 0 aromatic heterocycles. The highest BCUT2D eigenvalue weighted by Gasteiger charge is 2.43. The Balaban J connectivity index is 1.52. The number of allylic oxidation sites excluding steroid dienone is 2. The summed E-state index contributed by atoms with van der Waals surface area (Å²) in [7, 11) is 1.51. The van der Waals surface area contributed by atoms with Crippen LogP contribution in [-0.2, 0) is 16.1 Å². The van der Waals surface area contributed by atoms with E-state index in [2.05, 4.69) is 5.32 Å². The molecule has 0 unspecified atom stereocenters. The molecule has 0 amide bonds. The van der Waals surface area contributed by atoms with E-state index in [1.54, 1.807) is 50.2 Å². The fourth-order valence-electron chi connectivity index (χ4n) is 5.00. The van der Waals surface area contributed by atoms with E-state index in [9.17, 15) is 19.7 Å². The third-order valence-corrected chi connectivity index (χ3v) is 6.81. The van der Waals surface area contributed by atoms with Crippen LogP contribution in [-0.4, -0.2) is 30.4 Å². The minimum Gasteiger partial charge on any atom is -0.493 e. The minimum absolute atomic E-state index is 0.000641. The molecule has 0 spiro atoms. The van der Waals surface area contributed by atoms with E-state index in [1.165, 1.54) is 19.2 Å². The number of rotatable bonds is 8. The standard InChI is InChI=1S/C30H26N2O7/c1-4-38-30(34)25-17(2)31-28-21-7-5-6-8-22(21)29(33)27(28)26(25)19-11-14-23(24(15-19)37-3)39-16-18-9-12-20(13-10-18)32(35)36/h5-15,26,31H,4,16H2,1-3H3/t26-/m1/s1. The number of dihydropyridines is 1. The molecular formula is C30H26N2O7. The number of non-ortho nitro benzene ring substituents is 1. The van der Waals surface area contributed by atoms with Gasteiger partial charge in [0, 0.05) is 40.4 Å². The van der Waals surface area contributed by atoms with Crippen molar-refractivity contribution < 1.29 is 28.7 Å². The van der Waals surface area contributed by atoms with E-state index in [0.717, 1.165) is 11.1 Å². The van der Waals surface area contributed by atoms with Crippen LogP contribution in [0.1, 0.15) is 46.8 Å². The molecule has 3 aromatic rings. The first kappa shape index (κ1) is 25.7. The van der Waals surface area contributed by atoms with Crippen LogP contribution in [0.15, 0.2) is 83.6 Å². The molecule has 1 aliphatic heterocycles. The third kappa shape index (κ3) is 4.63. The van der Waals surface area contributed by atoms with Crippen LogP contribution in [0.3, 0.4) is 0 Å². The number of methoxy groups -OCH3 is 1. The van der Waals surface area contributed by atoms with Gasteiger partial charge in [-0.15, -0.1) is 0 Å². The molecule has 1 aliphatic carbocycles. The molecule has 39 heavy (non-hydrogen) atoms. The Bertz CT molecular complexity index is 1550. The second-order valence-corrected chi connectivity index (χ2v) is 9.10. The van der Waals surface area contributed by atoms with E-state index < -0.39 is 16.8 Å². The maximum Gasteiger partial charge on any atom is 0.336 e. The van der Waals surface area contributed by atoms with Crippen molar-refractivity contribution in [3.05, 3.63) is 116 Å². The molecule has 9 heteroatoms. The van der Waals surface area contributed by atoms with Gasteiger partial charge in [0.05, 0.1) is 29.9 Å². The van der Waals surface area contributed by atoms with Crippen LogP contribution >= 0.6 is 0 Å². The van der Waals surface area contributed by atoms with E-state index in [4.69, 9.17) is 14.2 Å². The van der Waals surface area contributed by atoms with Gasteiger partial charge >= 0.3 is 5.97 Å². The number of nitro benzene ring substituents is 1. The third-order valence-electron chi connectivity index (χ3n) is 6.81. The highest BCUT2D eigenvalue weighted by molar-refractivity contribution is 6.23. The lowest BCUT2D eigenvalue weighted by Gasteiger charge is -2.29. The van der Waals surface area contributed by atoms with Gasteiger partial charge in [0.2, 0.25) is 0 Å². The van der Waals surface area contributed by atoms with Crippen molar-refractivity contribution in [3.63, 3.8) is 0 Å². The van der Waals surface area contributed by atoms with Crippen LogP contribution in [0.4, 0.5) is 5.69 Å². The molecule has 0 radical (unpaired) electrons. The van der Waals surface area contributed by atoms with Crippen molar-refractivity contribution in [2.24, 2.45) is 0 Å². The van der Waals surface area contributed by atoms with Crippen molar-refractivity contribution in [2.45, 2.75) is 26.4 Å². The quantitative estimate of drug-likeness (QED) is 0.238. The summed E-state index contributed by atoms with van der Waals surface area (Å²) in [4.78, 5) is 37.2. The smallest absolute Gasteiger partial charge is 0.336 e. The SMILES string of the molecule is CCOC(=O)C1=C(C)NC2=C(C(=O)c3ccccc32)[C@@H]1c1ccc(OCc2ccc([N+](=O)[O-])cc2)c(OC)c1. The van der Waals surface area contributed by atoms with Gasteiger partial charge in [0.25, 0.3) is 5.69 Å². The summed E-state index contributed by atoms with van der Waals surface area (Å²) in [6.07, 6.45) is 0. The van der Waals surface area contributed by atoms with Crippen LogP contribution in [0.25, 0.3) is 5.70 Å². The lowest BCUT2D eigenvalue weighted by Crippen LogP contribution is -2.29. The van der Waals surface area contributed by atoms with E-state index in [1.807, 2.05) is 18.2 Å². The highest BCUT2D eigenvalue weighted by atomic mass is 16.6. The van der Waals surface area contributed by atoms with Crippen molar-refractivity contribution >= 4 is 23.1 Å². The second-order valence-electron chi connectivity index (χ2n) is 9.10. The monoisotopic (exact) mass is 526 g/mol. The number of nitro groups is 1. The molecule has 1 heterocycles. The van der Waals surface area contributed by atoms with Crippen LogP contribution in [0.2, 0.25) is 0 Å². The summed E-state index contributed by atoms with van der Waals surface area (Å²) in [6, 6.07) is 18.7. The molecule has 1 N–H and O–H groups in total. The number of ketones is 1. The number of fused-ring (bicyclic) bond motifs is 2. The van der Waals surface area contributed by atoms with Crippen molar-refractivity contribution in [2.75, 3.05) is 13.7 Å². The van der Waals surface area contributed by atoms with Gasteiger partial charge in [-0.25, -0.2) is 4.79 Å². The fraction of sp³-hybridized carbons (Fsp3) is 0.200. The van der Waals surface area contributed by atoms with Crippen molar-refractivity contribution in [3.8, 4) is 11.5 Å². The second kappa shape index (κ2) is 10.4. The maximum absolute atomic E-state index is 13.6. The zero-order valence-electron chi connectivity index (χ0n) is 21.6. The Morgan fingerprint density at radius 3 is 2.41 bits per heavy atom. The molecule has 1 atom stereocenters. The van der Waals surface area contributed by atoms with Gasteiger partial charge in [0.1, 0.15) is 6.61 Å². The topological polar surface area (TPSA) is 117 Å². The molecule has 9 nitrogen and oxygen atoms in total. The molecule has 3 aromatic carbocycles. The van der Waals surface area contributed by atoms with Crippen LogP contribution in [0.5, 0.6) is 11.5 Å². The van der Waals surface area contributed by atoms with Crippen molar-refractivity contribution in [1.29, 1.82) is 0 Å². The molecule has 0 saturated heterocycles. The Labute approximate surface area is 224 Å². The molecule has 0 fully saturated rings. The normalized spacial score (nSPS) is 15.9. The number of nitrogens with zero attached hydrogens (tertiary/aromatic N) is 1. The van der Waals surface area contributed by atoms with Gasteiger partial charge in [-0.05, 0) is 49.2 Å². The van der Waals surface area contributed by atoms with Gasteiger partial charge in [0.15, 0.2) is 17.3 Å². The number of nitrogens with one attached hydrogen (secondary N) is 1. The summed E-state index contributed by atoms with van der Waals surface area (Å²) >= 11 is 0. The number of hydrogen-bond donors (Lipinski definition) is 1. The lowest BCUT2D eigenvalue weighted by atomic mass is 9.79. The minimum atomic E-state index is -0.683. The molecule has 5 rings (SSSR count). The number of benzene rings is 3. The number of Topliss-reactive ketones (excluding diaryl/α,β-unsaturated/α-hetero) is 1. The highest BCUT2D eigenvalue weighted by Crippen LogP contribution is 2.48. The number of carbonyl (C=O) groups is 2. The van der Waals surface area contributed by atoms with Crippen LogP contribution < -0.4 is 14.8 Å². The van der Waals surface area contributed by atoms with Crippen molar-refractivity contribution in [1.82, 2.24) is 5.32 Å². The number of esters is 1. The van der Waals surface area contributed by atoms with Crippen LogP contribution in [0, 0.1) is 10.1 Å². The Morgan fingerprint density at radius 1 is 1.03 bits per heavy atom. The lowest BCUT2D eigenvalue weighted by molar-refractivity contribution is -0.384. The Morgan fingerprint density at radius 2 is 1.74 bits per heavy atom. The molecule has 0 saturated carbocycles. The Kier molecular flexibility index (Phi) is 6.89. The number of hydrogen-bond acceptors (Lipinski definition) is 8. The number of ether oxygens (including phenoxy) is 3. The summed E-state index contributed by atoms with van der Waals surface area (Å²) in [5.74, 6) is -0.468. The number of carbonyl (C=O) groups excluding carboxylic acids is 2. The first-order valence-corrected chi connectivity index (χ1v) is 12.4. The first-order chi connectivity index (χ1) is 18.8. The van der Waals surface area contributed by atoms with Gasteiger partial charge in [-0.2, -0.15) is 0 Å². The molecule has 2 aliphatic rings. The summed E-state index contributed by atoms with van der Waals surface area (Å²) in [6.45, 7) is 3.90. The maximum atomic E-state index is 13.6. The zero-order chi connectivity index (χ0) is 27.7. The van der Waals surface area contributed by atoms with Gasteiger partial charge in [-0.1, -0.05) is 30.3 Å². The summed E-state index contributed by atoms with van der Waals surface area (Å²) in [5, 5.41) is 14.2. The summed E-state index contributed by atoms with van der Waals surface area (Å²) < 4.78 is 17.0. The van der Waals surface area contributed by atoms with E-state index in [0.29, 0.717) is 45.2 Å². The van der Waals surface area contributed by atoms with Gasteiger partial charge in [-0.3, -0.25) is 14.9 Å². The van der Waals surface area contributed by atoms with Gasteiger partial charge < -0.3 is 19.5 Å². The molecule has 0 bridgehead atoms. The average Bonchev–Trinajstić information content (AvgIpc) is 3.22. The predicted molar refractivity (Wildman–Crippen MR) is 143 cm³/mol. The molecular weight excluding hydrogens is 500 g/mol. The predicted octanol–water partition coefficient (Wildman–Crippen LogP) is 5.31. The first-order valence-electron chi connectivity index (χ1n) is 12.4. The van der Waals surface area contributed by atoms with E-state index in [-0.39, 0.29) is 24.7 Å². The summed E-state index contributed by atoms with van der Waals surface area (Å²) in [5.41, 5.74) is 4.92. The Hall–Kier alpha value is -4.92. The van der Waals surface area contributed by atoms with E-state index >= 15 is 0 Å².